The lowest BCUT2D eigenvalue weighted by Crippen LogP contribution is -2.14. The number of aromatic nitrogens is 2. The zero-order valence-electron chi connectivity index (χ0n) is 10.3. The van der Waals surface area contributed by atoms with Crippen LogP contribution in [0.25, 0.3) is 11.0 Å². The molecule has 0 bridgehead atoms. The van der Waals surface area contributed by atoms with Gasteiger partial charge in [0.15, 0.2) is 0 Å². The van der Waals surface area contributed by atoms with Crippen LogP contribution < -0.4 is 5.73 Å². The monoisotopic (exact) mass is 271 g/mol. The van der Waals surface area contributed by atoms with Crippen LogP contribution in [0.5, 0.6) is 0 Å². The van der Waals surface area contributed by atoms with E-state index in [2.05, 4.69) is 4.98 Å². The molecule has 0 aliphatic heterocycles. The zero-order valence-corrected chi connectivity index (χ0v) is 11.0. The SMILES string of the molecule is CCOCC(C)n1c(N)nc2cc(F)c(Cl)cc21. The topological polar surface area (TPSA) is 53.1 Å². The molecule has 0 fully saturated rings. The largest absolute Gasteiger partial charge is 0.380 e. The number of benzene rings is 1. The third-order valence-corrected chi connectivity index (χ3v) is 3.05. The quantitative estimate of drug-likeness (QED) is 0.930. The highest BCUT2D eigenvalue weighted by atomic mass is 35.5. The van der Waals surface area contributed by atoms with Crippen molar-refractivity contribution in [1.82, 2.24) is 9.55 Å². The molecule has 1 aromatic heterocycles. The Bertz CT molecular complexity index is 570. The van der Waals surface area contributed by atoms with Gasteiger partial charge in [-0.25, -0.2) is 9.37 Å². The minimum atomic E-state index is -0.494. The summed E-state index contributed by atoms with van der Waals surface area (Å²) in [5.41, 5.74) is 7.07. The average Bonchev–Trinajstić information content (AvgIpc) is 2.62. The summed E-state index contributed by atoms with van der Waals surface area (Å²) < 4.78 is 20.5. The van der Waals surface area contributed by atoms with Crippen LogP contribution >= 0.6 is 11.6 Å². The van der Waals surface area contributed by atoms with Gasteiger partial charge in [0.1, 0.15) is 5.82 Å². The van der Waals surface area contributed by atoms with Crippen molar-refractivity contribution in [3.63, 3.8) is 0 Å². The Labute approximate surface area is 109 Å². The van der Waals surface area contributed by atoms with Gasteiger partial charge in [0.2, 0.25) is 5.95 Å². The maximum atomic E-state index is 13.3. The van der Waals surface area contributed by atoms with Gasteiger partial charge in [0.05, 0.1) is 28.7 Å². The van der Waals surface area contributed by atoms with Crippen molar-refractivity contribution in [3.8, 4) is 0 Å². The number of ether oxygens (including phenoxy) is 1. The molecule has 1 atom stereocenters. The summed E-state index contributed by atoms with van der Waals surface area (Å²) >= 11 is 5.79. The minimum Gasteiger partial charge on any atom is -0.380 e. The lowest BCUT2D eigenvalue weighted by molar-refractivity contribution is 0.120. The number of nitrogen functional groups attached to an aromatic ring is 1. The number of nitrogens with zero attached hydrogens (tertiary/aromatic N) is 2. The molecule has 0 saturated carbocycles. The zero-order chi connectivity index (χ0) is 13.3. The van der Waals surface area contributed by atoms with Crippen molar-refractivity contribution in [2.75, 3.05) is 18.9 Å². The Morgan fingerprint density at radius 1 is 1.56 bits per heavy atom. The van der Waals surface area contributed by atoms with Gasteiger partial charge in [0, 0.05) is 12.7 Å². The molecule has 6 heteroatoms. The van der Waals surface area contributed by atoms with E-state index in [1.54, 1.807) is 4.57 Å². The lowest BCUT2D eigenvalue weighted by atomic mass is 10.2. The number of hydrogen-bond donors (Lipinski definition) is 1. The van der Waals surface area contributed by atoms with Crippen molar-refractivity contribution in [2.45, 2.75) is 19.9 Å². The second-order valence-corrected chi connectivity index (χ2v) is 4.51. The fourth-order valence-electron chi connectivity index (χ4n) is 1.94. The first-order valence-electron chi connectivity index (χ1n) is 5.74. The molecule has 2 rings (SSSR count). The summed E-state index contributed by atoms with van der Waals surface area (Å²) in [5, 5.41) is 0.0623. The number of rotatable bonds is 4. The van der Waals surface area contributed by atoms with Crippen LogP contribution in [0.2, 0.25) is 5.02 Å². The maximum Gasteiger partial charge on any atom is 0.201 e. The van der Waals surface area contributed by atoms with E-state index < -0.39 is 5.82 Å². The Morgan fingerprint density at radius 2 is 2.28 bits per heavy atom. The lowest BCUT2D eigenvalue weighted by Gasteiger charge is -2.15. The minimum absolute atomic E-state index is 0.0106. The summed E-state index contributed by atoms with van der Waals surface area (Å²) in [6.45, 7) is 5.03. The molecule has 2 aromatic rings. The van der Waals surface area contributed by atoms with Crippen LogP contribution in [0.15, 0.2) is 12.1 Å². The van der Waals surface area contributed by atoms with E-state index in [0.717, 1.165) is 0 Å². The summed E-state index contributed by atoms with van der Waals surface area (Å²) in [6, 6.07) is 2.84. The van der Waals surface area contributed by atoms with E-state index in [1.807, 2.05) is 13.8 Å². The van der Waals surface area contributed by atoms with Crippen LogP contribution in [0.1, 0.15) is 19.9 Å². The summed E-state index contributed by atoms with van der Waals surface area (Å²) in [7, 11) is 0. The average molecular weight is 272 g/mol. The van der Waals surface area contributed by atoms with E-state index in [1.165, 1.54) is 12.1 Å². The van der Waals surface area contributed by atoms with Gasteiger partial charge >= 0.3 is 0 Å². The normalized spacial score (nSPS) is 13.1. The molecule has 4 nitrogen and oxygen atoms in total. The van der Waals surface area contributed by atoms with Crippen LogP contribution in [0, 0.1) is 5.82 Å². The van der Waals surface area contributed by atoms with Crippen molar-refractivity contribution in [1.29, 1.82) is 0 Å². The maximum absolute atomic E-state index is 13.3. The van der Waals surface area contributed by atoms with E-state index in [4.69, 9.17) is 22.1 Å². The van der Waals surface area contributed by atoms with Crippen LogP contribution in [-0.2, 0) is 4.74 Å². The molecule has 0 saturated heterocycles. The fourth-order valence-corrected chi connectivity index (χ4v) is 2.09. The third kappa shape index (κ3) is 2.28. The fraction of sp³-hybridized carbons (Fsp3) is 0.417. The number of imidazole rings is 1. The van der Waals surface area contributed by atoms with Crippen LogP contribution in [0.3, 0.4) is 0 Å². The molecule has 0 radical (unpaired) electrons. The molecule has 1 unspecified atom stereocenters. The smallest absolute Gasteiger partial charge is 0.201 e. The van der Waals surface area contributed by atoms with Crippen molar-refractivity contribution in [2.24, 2.45) is 0 Å². The molecule has 0 amide bonds. The molecule has 2 N–H and O–H groups in total. The Kier molecular flexibility index (Phi) is 3.73. The molecule has 0 aliphatic rings. The van der Waals surface area contributed by atoms with Gasteiger partial charge in [-0.05, 0) is 19.9 Å². The van der Waals surface area contributed by atoms with Gasteiger partial charge < -0.3 is 15.0 Å². The van der Waals surface area contributed by atoms with Crippen molar-refractivity contribution < 1.29 is 9.13 Å². The Balaban J connectivity index is 2.49. The van der Waals surface area contributed by atoms with Gasteiger partial charge in [-0.1, -0.05) is 11.6 Å². The van der Waals surface area contributed by atoms with Crippen LogP contribution in [0.4, 0.5) is 10.3 Å². The molecule has 0 spiro atoms. The van der Waals surface area contributed by atoms with E-state index in [-0.39, 0.29) is 11.1 Å². The molecule has 98 valence electrons. The molecule has 1 heterocycles. The second-order valence-electron chi connectivity index (χ2n) is 4.10. The molecular formula is C12H15ClFN3O. The molecule has 0 aliphatic carbocycles. The highest BCUT2D eigenvalue weighted by Gasteiger charge is 2.16. The number of nitrogens with two attached hydrogens (primary N) is 1. The molecule has 18 heavy (non-hydrogen) atoms. The number of fused-ring (bicyclic) bond motifs is 1. The standard InChI is InChI=1S/C12H15ClFN3O/c1-3-18-6-7(2)17-11-4-8(13)9(14)5-10(11)16-12(17)15/h4-5,7H,3,6H2,1-2H3,(H2,15,16). The predicted molar refractivity (Wildman–Crippen MR) is 70.3 cm³/mol. The number of hydrogen-bond acceptors (Lipinski definition) is 3. The van der Waals surface area contributed by atoms with E-state index in [0.29, 0.717) is 30.2 Å². The first-order chi connectivity index (χ1) is 8.54. The molecule has 1 aromatic carbocycles. The van der Waals surface area contributed by atoms with Gasteiger partial charge in [-0.15, -0.1) is 0 Å². The summed E-state index contributed by atoms with van der Waals surface area (Å²) in [4.78, 5) is 4.13. The third-order valence-electron chi connectivity index (χ3n) is 2.76. The van der Waals surface area contributed by atoms with Gasteiger partial charge in [-0.3, -0.25) is 0 Å². The van der Waals surface area contributed by atoms with Gasteiger partial charge in [-0.2, -0.15) is 0 Å². The predicted octanol–water partition coefficient (Wildman–Crippen LogP) is 3.01. The molecular weight excluding hydrogens is 257 g/mol. The van der Waals surface area contributed by atoms with E-state index >= 15 is 0 Å². The summed E-state index contributed by atoms with van der Waals surface area (Å²) in [5.74, 6) is -0.162. The summed E-state index contributed by atoms with van der Waals surface area (Å²) in [6.07, 6.45) is 0. The highest BCUT2D eigenvalue weighted by Crippen LogP contribution is 2.27. The van der Waals surface area contributed by atoms with E-state index in [9.17, 15) is 4.39 Å². The second kappa shape index (κ2) is 5.12. The van der Waals surface area contributed by atoms with Gasteiger partial charge in [0.25, 0.3) is 0 Å². The first kappa shape index (κ1) is 13.1. The highest BCUT2D eigenvalue weighted by molar-refractivity contribution is 6.31. The number of anilines is 1. The van der Waals surface area contributed by atoms with Crippen LogP contribution in [-0.4, -0.2) is 22.8 Å². The Morgan fingerprint density at radius 3 is 2.94 bits per heavy atom. The van der Waals surface area contributed by atoms with Crippen molar-refractivity contribution in [3.05, 3.63) is 23.0 Å². The first-order valence-corrected chi connectivity index (χ1v) is 6.12. The number of halogens is 2. The Hall–Kier alpha value is -1.33. The van der Waals surface area contributed by atoms with Crippen molar-refractivity contribution >= 4 is 28.6 Å².